The van der Waals surface area contributed by atoms with E-state index < -0.39 is 0 Å². The van der Waals surface area contributed by atoms with Gasteiger partial charge in [-0.2, -0.15) is 9.71 Å². The van der Waals surface area contributed by atoms with Crippen LogP contribution in [0.2, 0.25) is 0 Å². The van der Waals surface area contributed by atoms with Crippen LogP contribution in [0.15, 0.2) is 12.5 Å². The third-order valence-electron chi connectivity index (χ3n) is 2.43. The molecule has 0 aliphatic carbocycles. The van der Waals surface area contributed by atoms with Crippen molar-refractivity contribution in [2.24, 2.45) is 0 Å². The monoisotopic (exact) mass is 281 g/mol. The first-order valence-corrected chi connectivity index (χ1v) is 6.45. The highest BCUT2D eigenvalue weighted by Gasteiger charge is 2.05. The number of aromatic nitrogens is 4. The second-order valence-electron chi connectivity index (χ2n) is 4.44. The third kappa shape index (κ3) is 4.04. The van der Waals surface area contributed by atoms with Crippen molar-refractivity contribution in [2.45, 2.75) is 26.4 Å². The van der Waals surface area contributed by atoms with Crippen LogP contribution in [0.5, 0.6) is 0 Å². The normalized spacial score (nSPS) is 11.3. The summed E-state index contributed by atoms with van der Waals surface area (Å²) in [6, 6.07) is 0. The van der Waals surface area contributed by atoms with E-state index in [1.54, 1.807) is 12.5 Å². The first kappa shape index (κ1) is 14.5. The summed E-state index contributed by atoms with van der Waals surface area (Å²) >= 11 is 0. The Kier molecular flexibility index (Phi) is 5.08. The molecule has 0 bridgehead atoms. The van der Waals surface area contributed by atoms with Gasteiger partial charge in [-0.1, -0.05) is 0 Å². The highest BCUT2D eigenvalue weighted by molar-refractivity contribution is 5.70. The van der Waals surface area contributed by atoms with Gasteiger partial charge in [-0.15, -0.1) is 0 Å². The Morgan fingerprint density at radius 1 is 1.30 bits per heavy atom. The molecular weight excluding hydrogens is 262 g/mol. The van der Waals surface area contributed by atoms with Gasteiger partial charge in [0.05, 0.1) is 18.9 Å². The van der Waals surface area contributed by atoms with Crippen LogP contribution in [-0.2, 0) is 9.47 Å². The van der Waals surface area contributed by atoms with Crippen LogP contribution in [0, 0.1) is 0 Å². The zero-order chi connectivity index (χ0) is 14.4. The van der Waals surface area contributed by atoms with E-state index in [2.05, 4.69) is 15.0 Å². The molecule has 0 spiro atoms. The lowest BCUT2D eigenvalue weighted by atomic mass is 10.5. The number of anilines is 1. The molecule has 0 aliphatic rings. The average molecular weight is 281 g/mol. The standard InChI is InChI=1S/C12H19N5O3/c1-9(2)19-8-18-4-3-5-20-17-7-15-10-6-14-12(13)16-11(10)17/h6-7,9H,3-5,8H2,1-2H3,(H2,13,14,16). The highest BCUT2D eigenvalue weighted by Crippen LogP contribution is 2.08. The Labute approximate surface area is 116 Å². The van der Waals surface area contributed by atoms with Gasteiger partial charge in [-0.05, 0) is 13.8 Å². The maximum Gasteiger partial charge on any atom is 0.222 e. The smallest absolute Gasteiger partial charge is 0.222 e. The Bertz CT molecular complexity index is 543. The molecule has 0 aliphatic heterocycles. The minimum Gasteiger partial charge on any atom is -0.411 e. The fraction of sp³-hybridized carbons (Fsp3) is 0.583. The van der Waals surface area contributed by atoms with Gasteiger partial charge < -0.3 is 20.0 Å². The summed E-state index contributed by atoms with van der Waals surface area (Å²) in [7, 11) is 0. The molecule has 2 heterocycles. The van der Waals surface area contributed by atoms with Crippen molar-refractivity contribution in [3.05, 3.63) is 12.5 Å². The molecule has 0 amide bonds. The number of rotatable bonds is 8. The number of imidazole rings is 1. The maximum atomic E-state index is 5.53. The first-order chi connectivity index (χ1) is 9.66. The van der Waals surface area contributed by atoms with E-state index in [1.165, 1.54) is 4.73 Å². The van der Waals surface area contributed by atoms with E-state index in [0.29, 0.717) is 31.2 Å². The molecule has 0 atom stereocenters. The Balaban J connectivity index is 1.72. The molecule has 0 unspecified atom stereocenters. The second kappa shape index (κ2) is 7.01. The van der Waals surface area contributed by atoms with E-state index in [9.17, 15) is 0 Å². The van der Waals surface area contributed by atoms with Gasteiger partial charge in [-0.25, -0.2) is 9.97 Å². The highest BCUT2D eigenvalue weighted by atomic mass is 16.7. The van der Waals surface area contributed by atoms with E-state index in [4.69, 9.17) is 20.0 Å². The summed E-state index contributed by atoms with van der Waals surface area (Å²) in [5.41, 5.74) is 6.73. The number of fused-ring (bicyclic) bond motifs is 1. The molecule has 20 heavy (non-hydrogen) atoms. The van der Waals surface area contributed by atoms with Crippen LogP contribution in [0.1, 0.15) is 20.3 Å². The molecule has 2 aromatic rings. The molecule has 110 valence electrons. The summed E-state index contributed by atoms with van der Waals surface area (Å²) in [4.78, 5) is 17.6. The van der Waals surface area contributed by atoms with E-state index in [0.717, 1.165) is 6.42 Å². The molecular formula is C12H19N5O3. The Hall–Kier alpha value is -1.93. The largest absolute Gasteiger partial charge is 0.411 e. The molecule has 0 saturated heterocycles. The number of nitrogens with two attached hydrogens (primary N) is 1. The van der Waals surface area contributed by atoms with Crippen molar-refractivity contribution >= 4 is 17.1 Å². The third-order valence-corrected chi connectivity index (χ3v) is 2.43. The van der Waals surface area contributed by atoms with Crippen molar-refractivity contribution in [1.82, 2.24) is 19.7 Å². The lowest BCUT2D eigenvalue weighted by Gasteiger charge is -2.09. The van der Waals surface area contributed by atoms with Gasteiger partial charge in [0, 0.05) is 6.42 Å². The summed E-state index contributed by atoms with van der Waals surface area (Å²) in [5, 5.41) is 0. The quantitative estimate of drug-likeness (QED) is 0.559. The minimum atomic E-state index is 0.175. The summed E-state index contributed by atoms with van der Waals surface area (Å²) in [6.07, 6.45) is 4.02. The van der Waals surface area contributed by atoms with Crippen LogP contribution in [0.25, 0.3) is 11.2 Å². The van der Waals surface area contributed by atoms with Gasteiger partial charge >= 0.3 is 0 Å². The van der Waals surface area contributed by atoms with Crippen molar-refractivity contribution in [1.29, 1.82) is 0 Å². The van der Waals surface area contributed by atoms with Crippen molar-refractivity contribution < 1.29 is 14.3 Å². The van der Waals surface area contributed by atoms with Crippen molar-refractivity contribution in [3.8, 4) is 0 Å². The topological polar surface area (TPSA) is 97.3 Å². The zero-order valence-electron chi connectivity index (χ0n) is 11.7. The average Bonchev–Trinajstić information content (AvgIpc) is 2.80. The molecule has 0 aromatic carbocycles. The second-order valence-corrected chi connectivity index (χ2v) is 4.44. The number of nitrogen functional groups attached to an aromatic ring is 1. The van der Waals surface area contributed by atoms with Gasteiger partial charge in [0.25, 0.3) is 0 Å². The fourth-order valence-electron chi connectivity index (χ4n) is 1.46. The maximum absolute atomic E-state index is 5.53. The van der Waals surface area contributed by atoms with Crippen LogP contribution in [-0.4, -0.2) is 45.8 Å². The first-order valence-electron chi connectivity index (χ1n) is 6.45. The van der Waals surface area contributed by atoms with Crippen molar-refractivity contribution in [2.75, 3.05) is 25.7 Å². The zero-order valence-corrected chi connectivity index (χ0v) is 11.7. The molecule has 0 saturated carbocycles. The summed E-state index contributed by atoms with van der Waals surface area (Å²) in [5.74, 6) is 0.192. The lowest BCUT2D eigenvalue weighted by Crippen LogP contribution is -2.15. The number of ether oxygens (including phenoxy) is 2. The molecule has 0 radical (unpaired) electrons. The Morgan fingerprint density at radius 2 is 2.15 bits per heavy atom. The summed E-state index contributed by atoms with van der Waals surface area (Å²) < 4.78 is 12.0. The minimum absolute atomic E-state index is 0.175. The van der Waals surface area contributed by atoms with Crippen molar-refractivity contribution in [3.63, 3.8) is 0 Å². The summed E-state index contributed by atoms with van der Waals surface area (Å²) in [6.45, 7) is 5.28. The SMILES string of the molecule is CC(C)OCOCCCOn1cnc2cnc(N)nc21. The molecule has 8 heteroatoms. The van der Waals surface area contributed by atoms with Crippen LogP contribution < -0.4 is 10.6 Å². The fourth-order valence-corrected chi connectivity index (χ4v) is 1.46. The lowest BCUT2D eigenvalue weighted by molar-refractivity contribution is -0.0817. The molecule has 0 fully saturated rings. The molecule has 2 N–H and O–H groups in total. The van der Waals surface area contributed by atoms with E-state index >= 15 is 0 Å². The molecule has 2 rings (SSSR count). The van der Waals surface area contributed by atoms with E-state index in [-0.39, 0.29) is 12.1 Å². The number of hydrogen-bond donors (Lipinski definition) is 1. The predicted molar refractivity (Wildman–Crippen MR) is 72.8 cm³/mol. The van der Waals surface area contributed by atoms with Gasteiger partial charge in [0.1, 0.15) is 25.2 Å². The van der Waals surface area contributed by atoms with Crippen LogP contribution in [0.4, 0.5) is 5.95 Å². The van der Waals surface area contributed by atoms with Crippen LogP contribution in [0.3, 0.4) is 0 Å². The Morgan fingerprint density at radius 3 is 2.95 bits per heavy atom. The number of nitrogens with zero attached hydrogens (tertiary/aromatic N) is 4. The predicted octanol–water partition coefficient (Wildman–Crippen LogP) is 0.626. The van der Waals surface area contributed by atoms with E-state index in [1.807, 2.05) is 13.8 Å². The molecule has 8 nitrogen and oxygen atoms in total. The number of hydrogen-bond acceptors (Lipinski definition) is 7. The van der Waals surface area contributed by atoms with Gasteiger partial charge in [0.2, 0.25) is 11.6 Å². The van der Waals surface area contributed by atoms with Gasteiger partial charge in [0.15, 0.2) is 0 Å². The molecule has 2 aromatic heterocycles. The van der Waals surface area contributed by atoms with Gasteiger partial charge in [-0.3, -0.25) is 0 Å². The van der Waals surface area contributed by atoms with Crippen LogP contribution >= 0.6 is 0 Å².